The van der Waals surface area contributed by atoms with Crippen LogP contribution in [0.5, 0.6) is 0 Å². The van der Waals surface area contributed by atoms with E-state index < -0.39 is 0 Å². The zero-order valence-corrected chi connectivity index (χ0v) is 15.3. The predicted octanol–water partition coefficient (Wildman–Crippen LogP) is 3.02. The molecular weight excluding hydrogens is 316 g/mol. The van der Waals surface area contributed by atoms with Gasteiger partial charge in [0, 0.05) is 12.3 Å². The Morgan fingerprint density at radius 1 is 1.04 bits per heavy atom. The summed E-state index contributed by atoms with van der Waals surface area (Å²) in [4.78, 5) is 0. The lowest BCUT2D eigenvalue weighted by Crippen LogP contribution is -2.50. The molecule has 7 atom stereocenters. The summed E-state index contributed by atoms with van der Waals surface area (Å²) in [5.41, 5.74) is 1.48. The summed E-state index contributed by atoms with van der Waals surface area (Å²) in [5, 5.41) is 21.2. The molecule has 4 nitrogen and oxygen atoms in total. The molecule has 2 N–H and O–H groups in total. The molecule has 0 amide bonds. The van der Waals surface area contributed by atoms with Crippen LogP contribution in [0.3, 0.4) is 0 Å². The fourth-order valence-electron chi connectivity index (χ4n) is 7.17. The molecule has 1 spiro atoms. The van der Waals surface area contributed by atoms with Gasteiger partial charge >= 0.3 is 0 Å². The van der Waals surface area contributed by atoms with Crippen LogP contribution in [-0.4, -0.2) is 41.4 Å². The minimum absolute atomic E-state index is 0.158. The van der Waals surface area contributed by atoms with Gasteiger partial charge in [0.2, 0.25) is 0 Å². The van der Waals surface area contributed by atoms with E-state index in [2.05, 4.69) is 13.0 Å². The summed E-state index contributed by atoms with van der Waals surface area (Å²) in [6.45, 7) is 3.87. The molecule has 4 heteroatoms. The van der Waals surface area contributed by atoms with Crippen molar-refractivity contribution in [1.82, 2.24) is 0 Å². The number of aliphatic hydroxyl groups excluding tert-OH is 2. The van der Waals surface area contributed by atoms with Gasteiger partial charge in [-0.05, 0) is 68.1 Å². The summed E-state index contributed by atoms with van der Waals surface area (Å²) < 4.78 is 12.2. The van der Waals surface area contributed by atoms with Crippen molar-refractivity contribution >= 4 is 0 Å². The molecule has 4 aliphatic carbocycles. The second-order valence-corrected chi connectivity index (χ2v) is 9.50. The van der Waals surface area contributed by atoms with Crippen LogP contribution >= 0.6 is 0 Å². The lowest BCUT2D eigenvalue weighted by atomic mass is 9.53. The third kappa shape index (κ3) is 2.40. The summed E-state index contributed by atoms with van der Waals surface area (Å²) in [6, 6.07) is 0. The standard InChI is InChI=1S/C21H32O4/c1-20-6-5-16(22)11-15(20)12-18(23)19-13-4-7-21(24-8-9-25-21)14(10-13)2-3-17(19)20/h12-14,16-19,22-23H,2-11H2,1H3/t13-,14?,16+,17?,18?,19?,20+/m1/s1. The van der Waals surface area contributed by atoms with Crippen LogP contribution in [0.15, 0.2) is 11.6 Å². The molecule has 0 aromatic rings. The van der Waals surface area contributed by atoms with E-state index in [1.807, 2.05) is 0 Å². The molecule has 4 fully saturated rings. The van der Waals surface area contributed by atoms with Gasteiger partial charge in [0.25, 0.3) is 0 Å². The highest BCUT2D eigenvalue weighted by atomic mass is 16.7. The van der Waals surface area contributed by atoms with Crippen molar-refractivity contribution in [2.45, 2.75) is 76.3 Å². The Labute approximate surface area is 150 Å². The van der Waals surface area contributed by atoms with Gasteiger partial charge in [0.1, 0.15) is 0 Å². The monoisotopic (exact) mass is 348 g/mol. The van der Waals surface area contributed by atoms with Gasteiger partial charge in [0.05, 0.1) is 25.4 Å². The number of rotatable bonds is 0. The van der Waals surface area contributed by atoms with Crippen molar-refractivity contribution in [2.75, 3.05) is 13.2 Å². The Hall–Kier alpha value is -0.420. The molecule has 2 bridgehead atoms. The summed E-state index contributed by atoms with van der Waals surface area (Å²) >= 11 is 0. The number of hydrogen-bond donors (Lipinski definition) is 2. The van der Waals surface area contributed by atoms with Crippen molar-refractivity contribution < 1.29 is 19.7 Å². The van der Waals surface area contributed by atoms with Crippen LogP contribution in [0, 0.1) is 29.1 Å². The minimum atomic E-state index is -0.346. The third-order valence-corrected chi connectivity index (χ3v) is 8.45. The van der Waals surface area contributed by atoms with Crippen molar-refractivity contribution in [3.63, 3.8) is 0 Å². The highest BCUT2D eigenvalue weighted by Gasteiger charge is 2.57. The van der Waals surface area contributed by atoms with Gasteiger partial charge < -0.3 is 19.7 Å². The molecule has 1 saturated heterocycles. The Morgan fingerprint density at radius 2 is 1.84 bits per heavy atom. The Bertz CT molecular complexity index is 566. The smallest absolute Gasteiger partial charge is 0.171 e. The van der Waals surface area contributed by atoms with E-state index in [1.165, 1.54) is 5.57 Å². The molecule has 0 radical (unpaired) electrons. The molecule has 1 heterocycles. The molecule has 4 unspecified atom stereocenters. The average molecular weight is 348 g/mol. The average Bonchev–Trinajstić information content (AvgIpc) is 2.98. The lowest BCUT2D eigenvalue weighted by molar-refractivity contribution is -0.221. The fourth-order valence-corrected chi connectivity index (χ4v) is 7.17. The molecule has 140 valence electrons. The topological polar surface area (TPSA) is 58.9 Å². The molecule has 5 aliphatic rings. The van der Waals surface area contributed by atoms with Crippen molar-refractivity contribution in [3.8, 4) is 0 Å². The van der Waals surface area contributed by atoms with Crippen LogP contribution in [0.2, 0.25) is 0 Å². The Balaban J connectivity index is 1.48. The van der Waals surface area contributed by atoms with E-state index in [9.17, 15) is 10.2 Å². The maximum absolute atomic E-state index is 11.0. The van der Waals surface area contributed by atoms with E-state index in [0.29, 0.717) is 23.7 Å². The largest absolute Gasteiger partial charge is 0.393 e. The minimum Gasteiger partial charge on any atom is -0.393 e. The third-order valence-electron chi connectivity index (χ3n) is 8.45. The summed E-state index contributed by atoms with van der Waals surface area (Å²) in [6.07, 6.45) is 9.80. The SMILES string of the molecule is C[C@]12CC[C@H](O)CC1=CC(O)C1C2CCC2C[C@H]1CCC21OCCO1. The maximum Gasteiger partial charge on any atom is 0.171 e. The molecule has 25 heavy (non-hydrogen) atoms. The normalized spacial score (nSPS) is 51.4. The van der Waals surface area contributed by atoms with Gasteiger partial charge in [-0.2, -0.15) is 0 Å². The van der Waals surface area contributed by atoms with Gasteiger partial charge in [-0.25, -0.2) is 0 Å². The first-order valence-electron chi connectivity index (χ1n) is 10.4. The Morgan fingerprint density at radius 3 is 2.64 bits per heavy atom. The first-order chi connectivity index (χ1) is 12.0. The van der Waals surface area contributed by atoms with Crippen LogP contribution in [0.4, 0.5) is 0 Å². The van der Waals surface area contributed by atoms with Crippen molar-refractivity contribution in [3.05, 3.63) is 11.6 Å². The maximum atomic E-state index is 11.0. The Kier molecular flexibility index (Phi) is 3.87. The van der Waals surface area contributed by atoms with Crippen LogP contribution in [-0.2, 0) is 9.47 Å². The van der Waals surface area contributed by atoms with Crippen LogP contribution in [0.25, 0.3) is 0 Å². The zero-order chi connectivity index (χ0) is 17.2. The van der Waals surface area contributed by atoms with Gasteiger partial charge in [-0.15, -0.1) is 0 Å². The number of aliphatic hydroxyl groups is 2. The van der Waals surface area contributed by atoms with Gasteiger partial charge in [0.15, 0.2) is 5.79 Å². The summed E-state index contributed by atoms with van der Waals surface area (Å²) in [7, 11) is 0. The van der Waals surface area contributed by atoms with Crippen LogP contribution in [0.1, 0.15) is 58.3 Å². The first kappa shape index (κ1) is 16.7. The van der Waals surface area contributed by atoms with Crippen molar-refractivity contribution in [2.24, 2.45) is 29.1 Å². The quantitative estimate of drug-likeness (QED) is 0.661. The second-order valence-electron chi connectivity index (χ2n) is 9.50. The molecule has 1 aliphatic heterocycles. The number of hydrogen-bond acceptors (Lipinski definition) is 4. The molecule has 0 aromatic carbocycles. The predicted molar refractivity (Wildman–Crippen MR) is 93.7 cm³/mol. The van der Waals surface area contributed by atoms with Gasteiger partial charge in [-0.1, -0.05) is 18.6 Å². The second kappa shape index (κ2) is 5.79. The highest BCUT2D eigenvalue weighted by Crippen LogP contribution is 2.61. The van der Waals surface area contributed by atoms with Crippen molar-refractivity contribution in [1.29, 1.82) is 0 Å². The number of ether oxygens (including phenoxy) is 2. The first-order valence-corrected chi connectivity index (χ1v) is 10.4. The van der Waals surface area contributed by atoms with Gasteiger partial charge in [-0.3, -0.25) is 0 Å². The summed E-state index contributed by atoms with van der Waals surface area (Å²) in [5.74, 6) is 1.63. The zero-order valence-electron chi connectivity index (χ0n) is 15.3. The van der Waals surface area contributed by atoms with Crippen LogP contribution < -0.4 is 0 Å². The molecule has 3 saturated carbocycles. The van der Waals surface area contributed by atoms with E-state index >= 15 is 0 Å². The molecule has 5 rings (SSSR count). The number of fused-ring (bicyclic) bond motifs is 7. The molecule has 0 aromatic heterocycles. The highest BCUT2D eigenvalue weighted by molar-refractivity contribution is 5.26. The van der Waals surface area contributed by atoms with E-state index in [-0.39, 0.29) is 23.4 Å². The lowest BCUT2D eigenvalue weighted by Gasteiger charge is -2.53. The molecular formula is C21H32O4. The van der Waals surface area contributed by atoms with E-state index in [4.69, 9.17) is 9.47 Å². The van der Waals surface area contributed by atoms with E-state index in [0.717, 1.165) is 64.6 Å². The van der Waals surface area contributed by atoms with E-state index in [1.54, 1.807) is 0 Å². The fraction of sp³-hybridized carbons (Fsp3) is 0.905.